The predicted octanol–water partition coefficient (Wildman–Crippen LogP) is 3.62. The fourth-order valence-corrected chi connectivity index (χ4v) is 2.01. The monoisotopic (exact) mass is 295 g/mol. The molecule has 0 aliphatic carbocycles. The van der Waals surface area contributed by atoms with Crippen molar-refractivity contribution in [2.45, 2.75) is 0 Å². The first-order valence-electron chi connectivity index (χ1n) is 5.95. The number of anilines is 1. The van der Waals surface area contributed by atoms with Crippen LogP contribution in [0.5, 0.6) is 23.0 Å². The lowest BCUT2D eigenvalue weighted by molar-refractivity contribution is 0.171. The van der Waals surface area contributed by atoms with Crippen molar-refractivity contribution >= 4 is 17.3 Å². The molecule has 2 N–H and O–H groups in total. The molecule has 6 heteroatoms. The first-order chi connectivity index (χ1) is 9.63. The maximum Gasteiger partial charge on any atom is 0.165 e. The molecular formula is C14H11ClFNO3. The minimum absolute atomic E-state index is 0.0152. The second-order valence-electron chi connectivity index (χ2n) is 4.21. The summed E-state index contributed by atoms with van der Waals surface area (Å²) in [7, 11) is 0. The molecule has 104 valence electrons. The zero-order chi connectivity index (χ0) is 14.1. The highest BCUT2D eigenvalue weighted by atomic mass is 35.5. The maximum atomic E-state index is 13.1. The number of hydrogen-bond donors (Lipinski definition) is 1. The van der Waals surface area contributed by atoms with Gasteiger partial charge < -0.3 is 19.9 Å². The smallest absolute Gasteiger partial charge is 0.165 e. The van der Waals surface area contributed by atoms with E-state index in [2.05, 4.69) is 0 Å². The maximum absolute atomic E-state index is 13.1. The van der Waals surface area contributed by atoms with E-state index in [0.717, 1.165) is 0 Å². The predicted molar refractivity (Wildman–Crippen MR) is 73.3 cm³/mol. The number of benzene rings is 2. The number of ether oxygens (including phenoxy) is 3. The summed E-state index contributed by atoms with van der Waals surface area (Å²) in [5.41, 5.74) is 6.29. The van der Waals surface area contributed by atoms with E-state index < -0.39 is 5.82 Å². The van der Waals surface area contributed by atoms with Crippen LogP contribution in [-0.4, -0.2) is 13.2 Å². The van der Waals surface area contributed by atoms with Crippen LogP contribution in [0.1, 0.15) is 0 Å². The van der Waals surface area contributed by atoms with Crippen molar-refractivity contribution < 1.29 is 18.6 Å². The highest BCUT2D eigenvalue weighted by Gasteiger charge is 2.16. The third-order valence-corrected chi connectivity index (χ3v) is 3.08. The highest BCUT2D eigenvalue weighted by Crippen LogP contribution is 2.40. The lowest BCUT2D eigenvalue weighted by Crippen LogP contribution is -2.15. The summed E-state index contributed by atoms with van der Waals surface area (Å²) in [4.78, 5) is 0. The third-order valence-electron chi connectivity index (χ3n) is 2.79. The van der Waals surface area contributed by atoms with E-state index in [1.54, 1.807) is 12.1 Å². The lowest BCUT2D eigenvalue weighted by Gasteiger charge is -2.20. The molecule has 20 heavy (non-hydrogen) atoms. The molecule has 1 aliphatic rings. The van der Waals surface area contributed by atoms with Crippen LogP contribution in [0.25, 0.3) is 0 Å². The number of fused-ring (bicyclic) bond motifs is 1. The van der Waals surface area contributed by atoms with Gasteiger partial charge in [0.1, 0.15) is 24.8 Å². The molecule has 2 aromatic carbocycles. The average molecular weight is 296 g/mol. The first-order valence-corrected chi connectivity index (χ1v) is 6.33. The number of rotatable bonds is 2. The van der Waals surface area contributed by atoms with Crippen LogP contribution < -0.4 is 19.9 Å². The molecule has 0 saturated heterocycles. The van der Waals surface area contributed by atoms with Crippen molar-refractivity contribution in [1.29, 1.82) is 0 Å². The normalized spacial score (nSPS) is 13.1. The molecule has 2 aromatic rings. The van der Waals surface area contributed by atoms with Crippen molar-refractivity contribution in [2.24, 2.45) is 0 Å². The second-order valence-corrected chi connectivity index (χ2v) is 4.62. The summed E-state index contributed by atoms with van der Waals surface area (Å²) in [6.07, 6.45) is 0. The largest absolute Gasteiger partial charge is 0.486 e. The Morgan fingerprint density at radius 1 is 1.10 bits per heavy atom. The van der Waals surface area contributed by atoms with Crippen molar-refractivity contribution in [3.05, 3.63) is 41.2 Å². The fraction of sp³-hybridized carbons (Fsp3) is 0.143. The van der Waals surface area contributed by atoms with E-state index in [-0.39, 0.29) is 5.02 Å². The Balaban J connectivity index is 1.92. The van der Waals surface area contributed by atoms with Gasteiger partial charge in [0.15, 0.2) is 17.2 Å². The first kappa shape index (κ1) is 12.9. The van der Waals surface area contributed by atoms with Crippen molar-refractivity contribution in [1.82, 2.24) is 0 Å². The van der Waals surface area contributed by atoms with Gasteiger partial charge in [-0.15, -0.1) is 0 Å². The molecule has 0 fully saturated rings. The molecule has 0 spiro atoms. The van der Waals surface area contributed by atoms with Gasteiger partial charge in [0.25, 0.3) is 0 Å². The second kappa shape index (κ2) is 5.09. The summed E-state index contributed by atoms with van der Waals surface area (Å²) in [6, 6.07) is 7.35. The van der Waals surface area contributed by atoms with Crippen LogP contribution >= 0.6 is 11.6 Å². The fourth-order valence-electron chi connectivity index (χ4n) is 1.84. The summed E-state index contributed by atoms with van der Waals surface area (Å²) in [6.45, 7) is 0.957. The van der Waals surface area contributed by atoms with Crippen LogP contribution in [0.15, 0.2) is 30.3 Å². The Morgan fingerprint density at radius 3 is 2.50 bits per heavy atom. The molecule has 1 heterocycles. The molecule has 0 saturated carbocycles. The molecular weight excluding hydrogens is 285 g/mol. The van der Waals surface area contributed by atoms with Gasteiger partial charge in [0.05, 0.1) is 10.7 Å². The van der Waals surface area contributed by atoms with E-state index in [1.165, 1.54) is 18.2 Å². The van der Waals surface area contributed by atoms with Gasteiger partial charge >= 0.3 is 0 Å². The molecule has 0 aromatic heterocycles. The molecule has 1 aliphatic heterocycles. The van der Waals surface area contributed by atoms with Gasteiger partial charge in [-0.25, -0.2) is 4.39 Å². The molecule has 3 rings (SSSR count). The molecule has 0 atom stereocenters. The minimum Gasteiger partial charge on any atom is -0.486 e. The van der Waals surface area contributed by atoms with Crippen LogP contribution in [0.4, 0.5) is 10.1 Å². The Labute approximate surface area is 119 Å². The van der Waals surface area contributed by atoms with Gasteiger partial charge in [-0.1, -0.05) is 11.6 Å². The van der Waals surface area contributed by atoms with E-state index in [1.807, 2.05) is 0 Å². The number of nitrogens with two attached hydrogens (primary N) is 1. The highest BCUT2D eigenvalue weighted by molar-refractivity contribution is 6.30. The molecule has 0 amide bonds. The molecule has 0 radical (unpaired) electrons. The summed E-state index contributed by atoms with van der Waals surface area (Å²) < 4.78 is 29.6. The van der Waals surface area contributed by atoms with Crippen LogP contribution in [-0.2, 0) is 0 Å². The van der Waals surface area contributed by atoms with E-state index >= 15 is 0 Å². The van der Waals surface area contributed by atoms with Crippen molar-refractivity contribution in [3.63, 3.8) is 0 Å². The zero-order valence-electron chi connectivity index (χ0n) is 10.4. The minimum atomic E-state index is -0.505. The summed E-state index contributed by atoms with van der Waals surface area (Å²) in [5, 5.41) is -0.0152. The Morgan fingerprint density at radius 2 is 1.80 bits per heavy atom. The van der Waals surface area contributed by atoms with Crippen LogP contribution in [0.2, 0.25) is 5.02 Å². The molecule has 4 nitrogen and oxygen atoms in total. The zero-order valence-corrected chi connectivity index (χ0v) is 11.1. The van der Waals surface area contributed by atoms with E-state index in [9.17, 15) is 4.39 Å². The number of halogens is 2. The van der Waals surface area contributed by atoms with E-state index in [0.29, 0.717) is 41.9 Å². The lowest BCUT2D eigenvalue weighted by atomic mass is 10.2. The average Bonchev–Trinajstić information content (AvgIpc) is 2.44. The van der Waals surface area contributed by atoms with Gasteiger partial charge in [0.2, 0.25) is 0 Å². The van der Waals surface area contributed by atoms with Gasteiger partial charge in [-0.05, 0) is 12.1 Å². The Hall–Kier alpha value is -2.14. The standard InChI is InChI=1S/C14H11ClFNO3/c15-9-5-8(1-2-10(9)16)20-12-7-14-13(6-11(12)17)18-3-4-19-14/h1-2,5-7H,3-4,17H2. The Bertz CT molecular complexity index is 663. The third kappa shape index (κ3) is 2.44. The van der Waals surface area contributed by atoms with Crippen LogP contribution in [0, 0.1) is 5.82 Å². The Kier molecular flexibility index (Phi) is 3.28. The van der Waals surface area contributed by atoms with Gasteiger partial charge in [-0.2, -0.15) is 0 Å². The van der Waals surface area contributed by atoms with Crippen molar-refractivity contribution in [2.75, 3.05) is 18.9 Å². The molecule has 0 bridgehead atoms. The van der Waals surface area contributed by atoms with Crippen molar-refractivity contribution in [3.8, 4) is 23.0 Å². The van der Waals surface area contributed by atoms with E-state index in [4.69, 9.17) is 31.5 Å². The topological polar surface area (TPSA) is 53.7 Å². The molecule has 0 unspecified atom stereocenters. The SMILES string of the molecule is Nc1cc2c(cc1Oc1ccc(F)c(Cl)c1)OCCO2. The number of hydrogen-bond acceptors (Lipinski definition) is 4. The summed E-state index contributed by atoms with van der Waals surface area (Å²) >= 11 is 5.70. The summed E-state index contributed by atoms with van der Waals surface area (Å²) in [5.74, 6) is 1.43. The number of nitrogen functional groups attached to an aromatic ring is 1. The van der Waals surface area contributed by atoms with Gasteiger partial charge in [0, 0.05) is 18.2 Å². The quantitative estimate of drug-likeness (QED) is 0.860. The van der Waals surface area contributed by atoms with Crippen LogP contribution in [0.3, 0.4) is 0 Å². The van der Waals surface area contributed by atoms with Gasteiger partial charge in [-0.3, -0.25) is 0 Å².